The Morgan fingerprint density at radius 1 is 1.38 bits per heavy atom. The van der Waals surface area contributed by atoms with Crippen LogP contribution in [-0.2, 0) is 0 Å². The molecule has 0 bridgehead atoms. The Kier molecular flexibility index (Phi) is 1.85. The first kappa shape index (κ1) is 7.98. The Labute approximate surface area is 75.7 Å². The van der Waals surface area contributed by atoms with E-state index in [1.165, 1.54) is 6.07 Å². The fourth-order valence-corrected chi connectivity index (χ4v) is 1.28. The van der Waals surface area contributed by atoms with E-state index in [-0.39, 0.29) is 5.82 Å². The molecule has 2 nitrogen and oxygen atoms in total. The van der Waals surface area contributed by atoms with E-state index in [2.05, 4.69) is 4.98 Å². The quantitative estimate of drug-likeness (QED) is 0.652. The van der Waals surface area contributed by atoms with Crippen molar-refractivity contribution in [2.75, 3.05) is 0 Å². The highest BCUT2D eigenvalue weighted by Gasteiger charge is 2.03. The van der Waals surface area contributed by atoms with Crippen LogP contribution in [0.3, 0.4) is 0 Å². The maximum absolute atomic E-state index is 13.1. The Bertz CT molecular complexity index is 407. The summed E-state index contributed by atoms with van der Waals surface area (Å²) in [5.41, 5.74) is 1.47. The van der Waals surface area contributed by atoms with Crippen LogP contribution in [0.5, 0.6) is 0 Å². The number of hydrogen-bond acceptors (Lipinski definition) is 1. The van der Waals surface area contributed by atoms with E-state index in [9.17, 15) is 4.39 Å². The Balaban J connectivity index is 2.59. The fraction of sp³-hybridized carbons (Fsp3) is 0.100. The van der Waals surface area contributed by atoms with Gasteiger partial charge in [-0.15, -0.1) is 0 Å². The van der Waals surface area contributed by atoms with Crippen LogP contribution in [-0.4, -0.2) is 9.55 Å². The van der Waals surface area contributed by atoms with Gasteiger partial charge in [-0.3, -0.25) is 0 Å². The molecular weight excluding hydrogens is 167 g/mol. The summed E-state index contributed by atoms with van der Waals surface area (Å²) in [6, 6.07) is 5.01. The Morgan fingerprint density at radius 2 is 2.23 bits per heavy atom. The third-order valence-corrected chi connectivity index (χ3v) is 2.02. The molecule has 0 saturated heterocycles. The molecule has 1 aromatic heterocycles. The van der Waals surface area contributed by atoms with Crippen molar-refractivity contribution >= 4 is 0 Å². The SMILES string of the molecule is Cc1c(F)cccc1-n1ccnc1. The van der Waals surface area contributed by atoms with Crippen molar-refractivity contribution in [3.63, 3.8) is 0 Å². The largest absolute Gasteiger partial charge is 0.306 e. The zero-order chi connectivity index (χ0) is 9.26. The predicted molar refractivity (Wildman–Crippen MR) is 48.3 cm³/mol. The van der Waals surface area contributed by atoms with E-state index in [0.717, 1.165) is 5.69 Å². The first-order valence-electron chi connectivity index (χ1n) is 4.02. The summed E-state index contributed by atoms with van der Waals surface area (Å²) in [6.45, 7) is 1.75. The van der Waals surface area contributed by atoms with Crippen LogP contribution in [0.4, 0.5) is 4.39 Å². The van der Waals surface area contributed by atoms with Crippen LogP contribution in [0.2, 0.25) is 0 Å². The lowest BCUT2D eigenvalue weighted by molar-refractivity contribution is 0.617. The third kappa shape index (κ3) is 1.33. The summed E-state index contributed by atoms with van der Waals surface area (Å²) in [5.74, 6) is -0.189. The van der Waals surface area contributed by atoms with Crippen molar-refractivity contribution in [3.05, 3.63) is 48.3 Å². The molecule has 1 heterocycles. The summed E-state index contributed by atoms with van der Waals surface area (Å²) in [7, 11) is 0. The second-order valence-corrected chi connectivity index (χ2v) is 2.85. The van der Waals surface area contributed by atoms with Crippen molar-refractivity contribution in [2.24, 2.45) is 0 Å². The molecule has 13 heavy (non-hydrogen) atoms. The van der Waals surface area contributed by atoms with Crippen LogP contribution >= 0.6 is 0 Å². The summed E-state index contributed by atoms with van der Waals surface area (Å²) >= 11 is 0. The van der Waals surface area contributed by atoms with Gasteiger partial charge in [-0.2, -0.15) is 0 Å². The Hall–Kier alpha value is -1.64. The van der Waals surface area contributed by atoms with E-state index in [1.807, 2.05) is 6.07 Å². The van der Waals surface area contributed by atoms with Crippen molar-refractivity contribution in [1.82, 2.24) is 9.55 Å². The molecule has 0 aliphatic rings. The van der Waals surface area contributed by atoms with Gasteiger partial charge in [0, 0.05) is 18.0 Å². The monoisotopic (exact) mass is 176 g/mol. The minimum Gasteiger partial charge on any atom is -0.306 e. The fourth-order valence-electron chi connectivity index (χ4n) is 1.28. The maximum Gasteiger partial charge on any atom is 0.128 e. The van der Waals surface area contributed by atoms with E-state index in [1.54, 1.807) is 36.3 Å². The third-order valence-electron chi connectivity index (χ3n) is 2.02. The van der Waals surface area contributed by atoms with Crippen LogP contribution in [0.1, 0.15) is 5.56 Å². The molecule has 0 unspecified atom stereocenters. The van der Waals surface area contributed by atoms with Crippen molar-refractivity contribution in [3.8, 4) is 5.69 Å². The highest BCUT2D eigenvalue weighted by Crippen LogP contribution is 2.15. The highest BCUT2D eigenvalue weighted by molar-refractivity contribution is 5.40. The number of rotatable bonds is 1. The zero-order valence-electron chi connectivity index (χ0n) is 7.24. The minimum atomic E-state index is -0.189. The molecule has 0 amide bonds. The van der Waals surface area contributed by atoms with Gasteiger partial charge < -0.3 is 4.57 Å². The molecule has 0 atom stereocenters. The lowest BCUT2D eigenvalue weighted by Gasteiger charge is -2.06. The van der Waals surface area contributed by atoms with Crippen molar-refractivity contribution in [2.45, 2.75) is 6.92 Å². The number of hydrogen-bond donors (Lipinski definition) is 0. The first-order chi connectivity index (χ1) is 6.29. The maximum atomic E-state index is 13.1. The molecule has 66 valence electrons. The second-order valence-electron chi connectivity index (χ2n) is 2.85. The van der Waals surface area contributed by atoms with Gasteiger partial charge in [0.1, 0.15) is 5.82 Å². The normalized spacial score (nSPS) is 10.3. The lowest BCUT2D eigenvalue weighted by atomic mass is 10.2. The smallest absolute Gasteiger partial charge is 0.128 e. The van der Waals surface area contributed by atoms with E-state index >= 15 is 0 Å². The molecule has 1 aromatic carbocycles. The molecule has 2 rings (SSSR count). The van der Waals surface area contributed by atoms with Gasteiger partial charge in [0.25, 0.3) is 0 Å². The van der Waals surface area contributed by atoms with Crippen LogP contribution < -0.4 is 0 Å². The average Bonchev–Trinajstić information content (AvgIpc) is 2.62. The molecule has 0 N–H and O–H groups in total. The van der Waals surface area contributed by atoms with Crippen molar-refractivity contribution in [1.29, 1.82) is 0 Å². The van der Waals surface area contributed by atoms with Gasteiger partial charge in [0.2, 0.25) is 0 Å². The van der Waals surface area contributed by atoms with Crippen LogP contribution in [0.25, 0.3) is 5.69 Å². The van der Waals surface area contributed by atoms with Gasteiger partial charge in [-0.25, -0.2) is 9.37 Å². The number of nitrogens with zero attached hydrogens (tertiary/aromatic N) is 2. The molecule has 0 aliphatic heterocycles. The van der Waals surface area contributed by atoms with Gasteiger partial charge in [0.05, 0.1) is 12.0 Å². The Morgan fingerprint density at radius 3 is 2.92 bits per heavy atom. The molecule has 0 fully saturated rings. The number of benzene rings is 1. The van der Waals surface area contributed by atoms with Gasteiger partial charge in [-0.1, -0.05) is 6.07 Å². The summed E-state index contributed by atoms with van der Waals surface area (Å²) < 4.78 is 14.9. The minimum absolute atomic E-state index is 0.189. The molecule has 0 saturated carbocycles. The number of imidazole rings is 1. The van der Waals surface area contributed by atoms with Gasteiger partial charge >= 0.3 is 0 Å². The number of aromatic nitrogens is 2. The summed E-state index contributed by atoms with van der Waals surface area (Å²) in [5, 5.41) is 0. The van der Waals surface area contributed by atoms with E-state index < -0.39 is 0 Å². The summed E-state index contributed by atoms with van der Waals surface area (Å²) in [4.78, 5) is 3.91. The first-order valence-corrected chi connectivity index (χ1v) is 4.02. The molecule has 0 spiro atoms. The number of halogens is 1. The summed E-state index contributed by atoms with van der Waals surface area (Å²) in [6.07, 6.45) is 5.12. The molecule has 3 heteroatoms. The average molecular weight is 176 g/mol. The zero-order valence-corrected chi connectivity index (χ0v) is 7.24. The van der Waals surface area contributed by atoms with Crippen molar-refractivity contribution < 1.29 is 4.39 Å². The standard InChI is InChI=1S/C10H9FN2/c1-8-9(11)3-2-4-10(8)13-6-5-12-7-13/h2-7H,1H3. The van der Waals surface area contributed by atoms with Crippen LogP contribution in [0.15, 0.2) is 36.9 Å². The van der Waals surface area contributed by atoms with Gasteiger partial charge in [-0.05, 0) is 19.1 Å². The molecule has 0 aliphatic carbocycles. The topological polar surface area (TPSA) is 17.8 Å². The molecular formula is C10H9FN2. The molecule has 0 radical (unpaired) electrons. The van der Waals surface area contributed by atoms with Gasteiger partial charge in [0.15, 0.2) is 0 Å². The second kappa shape index (κ2) is 3.01. The molecule has 2 aromatic rings. The van der Waals surface area contributed by atoms with E-state index in [4.69, 9.17) is 0 Å². The lowest BCUT2D eigenvalue weighted by Crippen LogP contribution is -1.95. The van der Waals surface area contributed by atoms with E-state index in [0.29, 0.717) is 5.56 Å². The highest BCUT2D eigenvalue weighted by atomic mass is 19.1. The predicted octanol–water partition coefficient (Wildman–Crippen LogP) is 2.32. The van der Waals surface area contributed by atoms with Crippen LogP contribution in [0, 0.1) is 12.7 Å².